The zero-order valence-corrected chi connectivity index (χ0v) is 17.1. The van der Waals surface area contributed by atoms with Crippen LogP contribution in [0.1, 0.15) is 51.2 Å². The predicted molar refractivity (Wildman–Crippen MR) is 108 cm³/mol. The molecule has 28 heavy (non-hydrogen) atoms. The van der Waals surface area contributed by atoms with Gasteiger partial charge in [-0.05, 0) is 56.9 Å². The molecule has 150 valence electrons. The van der Waals surface area contributed by atoms with Crippen LogP contribution in [0, 0.1) is 17.1 Å². The van der Waals surface area contributed by atoms with Crippen molar-refractivity contribution in [1.29, 1.82) is 5.26 Å². The predicted octanol–water partition coefficient (Wildman–Crippen LogP) is 3.70. The van der Waals surface area contributed by atoms with Gasteiger partial charge in [-0.1, -0.05) is 6.92 Å². The first kappa shape index (κ1) is 20.3. The Hall–Kier alpha value is -2.39. The number of rotatable bonds is 3. The Balaban J connectivity index is 1.99. The van der Waals surface area contributed by atoms with Crippen LogP contribution < -0.4 is 4.90 Å². The lowest BCUT2D eigenvalue weighted by Crippen LogP contribution is -2.48. The van der Waals surface area contributed by atoms with E-state index in [1.165, 1.54) is 6.08 Å². The molecular formula is C22H28FN3O2. The zero-order chi connectivity index (χ0) is 20.5. The third-order valence-electron chi connectivity index (χ3n) is 5.77. The van der Waals surface area contributed by atoms with Gasteiger partial charge < -0.3 is 14.5 Å². The Labute approximate surface area is 166 Å². The van der Waals surface area contributed by atoms with Gasteiger partial charge in [-0.25, -0.2) is 4.39 Å². The molecule has 2 aliphatic heterocycles. The molecule has 1 aromatic rings. The number of fused-ring (bicyclic) bond motifs is 1. The lowest BCUT2D eigenvalue weighted by molar-refractivity contribution is -0.130. The molecule has 0 aliphatic carbocycles. The molecule has 0 radical (unpaired) electrons. The summed E-state index contributed by atoms with van der Waals surface area (Å²) in [5.41, 5.74) is 2.16. The zero-order valence-electron chi connectivity index (χ0n) is 17.1. The number of hydrogen-bond donors (Lipinski definition) is 0. The van der Waals surface area contributed by atoms with Gasteiger partial charge >= 0.3 is 0 Å². The van der Waals surface area contributed by atoms with Crippen LogP contribution in [0.25, 0.3) is 6.08 Å². The number of nitrogens with zero attached hydrogens (tertiary/aromatic N) is 3. The van der Waals surface area contributed by atoms with Gasteiger partial charge in [0.25, 0.3) is 5.91 Å². The van der Waals surface area contributed by atoms with E-state index in [-0.39, 0.29) is 22.9 Å². The molecule has 5 nitrogen and oxygen atoms in total. The molecule has 1 saturated heterocycles. The van der Waals surface area contributed by atoms with E-state index in [2.05, 4.69) is 32.6 Å². The van der Waals surface area contributed by atoms with Gasteiger partial charge in [-0.15, -0.1) is 0 Å². The first-order chi connectivity index (χ1) is 13.3. The van der Waals surface area contributed by atoms with Crippen molar-refractivity contribution in [2.45, 2.75) is 45.6 Å². The fourth-order valence-corrected chi connectivity index (χ4v) is 4.46. The summed E-state index contributed by atoms with van der Waals surface area (Å²) in [6.45, 7) is 11.2. The molecule has 1 amide bonds. The summed E-state index contributed by atoms with van der Waals surface area (Å²) in [5, 5.41) is 9.49. The van der Waals surface area contributed by atoms with Crippen LogP contribution >= 0.6 is 0 Å². The van der Waals surface area contributed by atoms with Crippen molar-refractivity contribution >= 4 is 17.7 Å². The van der Waals surface area contributed by atoms with Crippen LogP contribution in [0.5, 0.6) is 0 Å². The van der Waals surface area contributed by atoms with Gasteiger partial charge in [0.1, 0.15) is 17.5 Å². The van der Waals surface area contributed by atoms with Gasteiger partial charge in [0.15, 0.2) is 0 Å². The van der Waals surface area contributed by atoms with Crippen LogP contribution in [-0.2, 0) is 9.53 Å². The van der Waals surface area contributed by atoms with E-state index in [1.54, 1.807) is 17.0 Å². The Bertz CT molecular complexity index is 835. The van der Waals surface area contributed by atoms with Crippen LogP contribution in [0.15, 0.2) is 17.7 Å². The summed E-state index contributed by atoms with van der Waals surface area (Å²) in [5.74, 6) is -0.516. The maximum absolute atomic E-state index is 14.9. The molecule has 1 unspecified atom stereocenters. The highest BCUT2D eigenvalue weighted by Gasteiger charge is 2.36. The second kappa shape index (κ2) is 7.92. The summed E-state index contributed by atoms with van der Waals surface area (Å²) in [6.07, 6.45) is 2.34. The first-order valence-corrected chi connectivity index (χ1v) is 9.88. The third-order valence-corrected chi connectivity index (χ3v) is 5.77. The summed E-state index contributed by atoms with van der Waals surface area (Å²) < 4.78 is 20.2. The minimum Gasteiger partial charge on any atom is -0.378 e. The van der Waals surface area contributed by atoms with Crippen molar-refractivity contribution in [3.05, 3.63) is 34.6 Å². The van der Waals surface area contributed by atoms with E-state index >= 15 is 0 Å². The monoisotopic (exact) mass is 385 g/mol. The minimum atomic E-state index is -0.412. The van der Waals surface area contributed by atoms with Crippen molar-refractivity contribution in [1.82, 2.24) is 4.90 Å². The van der Waals surface area contributed by atoms with E-state index in [0.717, 1.165) is 24.2 Å². The van der Waals surface area contributed by atoms with E-state index in [4.69, 9.17) is 4.74 Å². The first-order valence-electron chi connectivity index (χ1n) is 9.88. The fourth-order valence-electron chi connectivity index (χ4n) is 4.46. The molecule has 1 aromatic carbocycles. The molecule has 3 rings (SSSR count). The highest BCUT2D eigenvalue weighted by Crippen LogP contribution is 2.44. The maximum atomic E-state index is 14.9. The normalized spacial score (nSPS) is 21.9. The highest BCUT2D eigenvalue weighted by atomic mass is 19.1. The van der Waals surface area contributed by atoms with Crippen molar-refractivity contribution in [2.75, 3.05) is 37.7 Å². The topological polar surface area (TPSA) is 56.6 Å². The van der Waals surface area contributed by atoms with E-state index < -0.39 is 5.82 Å². The molecule has 0 bridgehead atoms. The van der Waals surface area contributed by atoms with Gasteiger partial charge in [0, 0.05) is 36.4 Å². The third kappa shape index (κ3) is 3.77. The Morgan fingerprint density at radius 3 is 2.68 bits per heavy atom. The van der Waals surface area contributed by atoms with Gasteiger partial charge in [-0.2, -0.15) is 5.26 Å². The molecule has 1 fully saturated rings. The Morgan fingerprint density at radius 2 is 2.07 bits per heavy atom. The fraction of sp³-hybridized carbons (Fsp3) is 0.545. The number of ether oxygens (including phenoxy) is 1. The lowest BCUT2D eigenvalue weighted by Gasteiger charge is -2.47. The number of amides is 1. The maximum Gasteiger partial charge on any atom is 0.264 e. The van der Waals surface area contributed by atoms with E-state index in [0.29, 0.717) is 31.9 Å². The molecule has 0 saturated carbocycles. The number of nitriles is 1. The van der Waals surface area contributed by atoms with E-state index in [9.17, 15) is 14.4 Å². The largest absolute Gasteiger partial charge is 0.378 e. The summed E-state index contributed by atoms with van der Waals surface area (Å²) in [6, 6.07) is 5.31. The molecule has 2 heterocycles. The van der Waals surface area contributed by atoms with Gasteiger partial charge in [-0.3, -0.25) is 4.79 Å². The van der Waals surface area contributed by atoms with Crippen molar-refractivity contribution < 1.29 is 13.9 Å². The lowest BCUT2D eigenvalue weighted by atomic mass is 9.79. The smallest absolute Gasteiger partial charge is 0.264 e. The Morgan fingerprint density at radius 1 is 1.39 bits per heavy atom. The minimum absolute atomic E-state index is 0.0445. The van der Waals surface area contributed by atoms with Crippen molar-refractivity contribution in [3.63, 3.8) is 0 Å². The van der Waals surface area contributed by atoms with Crippen molar-refractivity contribution in [3.8, 4) is 6.07 Å². The quantitative estimate of drug-likeness (QED) is 0.588. The summed E-state index contributed by atoms with van der Waals surface area (Å²) in [7, 11) is 0. The van der Waals surface area contributed by atoms with Crippen LogP contribution in [-0.4, -0.2) is 49.2 Å². The van der Waals surface area contributed by atoms with Gasteiger partial charge in [0.05, 0.1) is 13.2 Å². The SMILES string of the molecule is CCN1c2cc(F)c(/C=C(\C#N)C(=O)N3CCOCC3)cc2C(C)CC1(C)C. The van der Waals surface area contributed by atoms with Crippen LogP contribution in [0.3, 0.4) is 0 Å². The molecule has 0 aromatic heterocycles. The number of benzene rings is 1. The van der Waals surface area contributed by atoms with Crippen LogP contribution in [0.4, 0.5) is 10.1 Å². The van der Waals surface area contributed by atoms with E-state index in [1.807, 2.05) is 6.07 Å². The average Bonchev–Trinajstić information content (AvgIpc) is 2.66. The highest BCUT2D eigenvalue weighted by molar-refractivity contribution is 6.01. The number of carbonyl (C=O) groups is 1. The molecule has 1 atom stereocenters. The number of morpholine rings is 1. The average molecular weight is 385 g/mol. The molecule has 0 spiro atoms. The standard InChI is InChI=1S/C22H28FN3O2/c1-5-26-20-12-19(23)16(11-18(20)15(2)13-22(26,3)4)10-17(14-24)21(27)25-6-8-28-9-7-25/h10-12,15H,5-9,13H2,1-4H3/b17-10+. The second-order valence-corrected chi connectivity index (χ2v) is 8.17. The summed E-state index contributed by atoms with van der Waals surface area (Å²) in [4.78, 5) is 16.4. The van der Waals surface area contributed by atoms with Crippen LogP contribution in [0.2, 0.25) is 0 Å². The number of hydrogen-bond acceptors (Lipinski definition) is 4. The molecule has 2 aliphatic rings. The summed E-state index contributed by atoms with van der Waals surface area (Å²) >= 11 is 0. The number of halogens is 1. The Kier molecular flexibility index (Phi) is 5.76. The molecular weight excluding hydrogens is 357 g/mol. The molecule has 0 N–H and O–H groups in total. The number of anilines is 1. The number of carbonyl (C=O) groups excluding carboxylic acids is 1. The molecule has 6 heteroatoms. The van der Waals surface area contributed by atoms with Gasteiger partial charge in [0.2, 0.25) is 0 Å². The van der Waals surface area contributed by atoms with Crippen molar-refractivity contribution in [2.24, 2.45) is 0 Å². The second-order valence-electron chi connectivity index (χ2n) is 8.17.